The maximum atomic E-state index is 14.1. The summed E-state index contributed by atoms with van der Waals surface area (Å²) in [5, 5.41) is 3.44. The van der Waals surface area contributed by atoms with Crippen LogP contribution in [0.1, 0.15) is 34.8 Å². The van der Waals surface area contributed by atoms with Crippen molar-refractivity contribution in [1.29, 1.82) is 0 Å². The average molecular weight is 312 g/mol. The summed E-state index contributed by atoms with van der Waals surface area (Å²) in [5.74, 6) is -0.513. The minimum atomic E-state index is -0.576. The fourth-order valence-electron chi connectivity index (χ4n) is 2.02. The molecule has 0 saturated carbocycles. The molecule has 1 aromatic carbocycles. The number of carbonyl (C=O) groups is 1. The predicted molar refractivity (Wildman–Crippen MR) is 77.0 cm³/mol. The van der Waals surface area contributed by atoms with E-state index in [1.54, 1.807) is 18.2 Å². The average Bonchev–Trinajstić information content (AvgIpc) is 2.94. The number of carbonyl (C=O) groups excluding carboxylic acids is 1. The van der Waals surface area contributed by atoms with Crippen molar-refractivity contribution in [3.05, 3.63) is 58.3 Å². The number of nitrogens with one attached hydrogen (secondary N) is 1. The van der Waals surface area contributed by atoms with E-state index in [-0.39, 0.29) is 5.76 Å². The molecule has 6 heteroatoms. The first kappa shape index (κ1) is 15.5. The molecule has 0 aliphatic carbocycles. The molecule has 1 heterocycles. The Morgan fingerprint density at radius 3 is 2.81 bits per heavy atom. The lowest BCUT2D eigenvalue weighted by Crippen LogP contribution is -2.22. The zero-order chi connectivity index (χ0) is 15.4. The normalized spacial score (nSPS) is 12.2. The van der Waals surface area contributed by atoms with E-state index in [2.05, 4.69) is 10.1 Å². The van der Waals surface area contributed by atoms with Gasteiger partial charge in [0.05, 0.1) is 13.2 Å². The first-order chi connectivity index (χ1) is 10.1. The van der Waals surface area contributed by atoms with Crippen LogP contribution in [-0.4, -0.2) is 19.6 Å². The van der Waals surface area contributed by atoms with Crippen molar-refractivity contribution in [2.45, 2.75) is 13.0 Å². The van der Waals surface area contributed by atoms with Crippen LogP contribution in [0, 0.1) is 5.82 Å². The lowest BCUT2D eigenvalue weighted by atomic mass is 10.0. The monoisotopic (exact) mass is 311 g/mol. The van der Waals surface area contributed by atoms with E-state index in [0.29, 0.717) is 22.9 Å². The standard InChI is InChI=1S/C15H15ClFNO3/c1-3-18-14(10-5-4-9(16)8-11(10)17)12-6-7-13(21-12)15(19)20-2/h4-8,14,18H,3H2,1-2H3. The highest BCUT2D eigenvalue weighted by Crippen LogP contribution is 2.28. The Bertz CT molecular complexity index is 642. The molecule has 2 rings (SSSR count). The van der Waals surface area contributed by atoms with Crippen LogP contribution in [0.3, 0.4) is 0 Å². The second kappa shape index (κ2) is 6.74. The molecule has 0 amide bonds. The fourth-order valence-corrected chi connectivity index (χ4v) is 2.18. The molecule has 4 nitrogen and oxygen atoms in total. The molecule has 1 aromatic heterocycles. The van der Waals surface area contributed by atoms with Gasteiger partial charge in [-0.15, -0.1) is 0 Å². The molecule has 0 saturated heterocycles. The quantitative estimate of drug-likeness (QED) is 0.858. The largest absolute Gasteiger partial charge is 0.463 e. The van der Waals surface area contributed by atoms with E-state index in [9.17, 15) is 9.18 Å². The van der Waals surface area contributed by atoms with Crippen LogP contribution >= 0.6 is 11.6 Å². The maximum absolute atomic E-state index is 14.1. The summed E-state index contributed by atoms with van der Waals surface area (Å²) < 4.78 is 24.1. The fraction of sp³-hybridized carbons (Fsp3) is 0.267. The van der Waals surface area contributed by atoms with E-state index < -0.39 is 17.8 Å². The molecule has 1 unspecified atom stereocenters. The maximum Gasteiger partial charge on any atom is 0.373 e. The highest BCUT2D eigenvalue weighted by Gasteiger charge is 2.22. The Balaban J connectivity index is 2.38. The molecule has 0 spiro atoms. The molecule has 0 bridgehead atoms. The molecule has 0 aliphatic rings. The van der Waals surface area contributed by atoms with Crippen molar-refractivity contribution in [2.75, 3.05) is 13.7 Å². The summed E-state index contributed by atoms with van der Waals surface area (Å²) in [7, 11) is 1.27. The van der Waals surface area contributed by atoms with E-state index in [1.165, 1.54) is 19.2 Å². The van der Waals surface area contributed by atoms with Gasteiger partial charge < -0.3 is 14.5 Å². The highest BCUT2D eigenvalue weighted by molar-refractivity contribution is 6.30. The van der Waals surface area contributed by atoms with Gasteiger partial charge >= 0.3 is 5.97 Å². The van der Waals surface area contributed by atoms with E-state index in [1.807, 2.05) is 6.92 Å². The first-order valence-corrected chi connectivity index (χ1v) is 6.81. The first-order valence-electron chi connectivity index (χ1n) is 6.43. The molecule has 2 aromatic rings. The third-order valence-corrected chi connectivity index (χ3v) is 3.21. The third-order valence-electron chi connectivity index (χ3n) is 2.98. The number of methoxy groups -OCH3 is 1. The van der Waals surface area contributed by atoms with Gasteiger partial charge in [0, 0.05) is 10.6 Å². The second-order valence-electron chi connectivity index (χ2n) is 4.35. The molecule has 1 N–H and O–H groups in total. The Labute approximate surface area is 126 Å². The van der Waals surface area contributed by atoms with Crippen LogP contribution in [0.4, 0.5) is 4.39 Å². The summed E-state index contributed by atoms with van der Waals surface area (Å²) in [4.78, 5) is 11.4. The number of hydrogen-bond donors (Lipinski definition) is 1. The molecule has 0 aliphatic heterocycles. The number of benzene rings is 1. The van der Waals surface area contributed by atoms with Crippen LogP contribution < -0.4 is 5.32 Å². The lowest BCUT2D eigenvalue weighted by molar-refractivity contribution is 0.0562. The van der Waals surface area contributed by atoms with Gasteiger partial charge in [0.2, 0.25) is 5.76 Å². The van der Waals surface area contributed by atoms with Gasteiger partial charge in [-0.1, -0.05) is 24.6 Å². The van der Waals surface area contributed by atoms with Crippen molar-refractivity contribution in [3.63, 3.8) is 0 Å². The van der Waals surface area contributed by atoms with Crippen LogP contribution in [0.25, 0.3) is 0 Å². The number of rotatable bonds is 5. The minimum Gasteiger partial charge on any atom is -0.463 e. The number of halogens is 2. The van der Waals surface area contributed by atoms with Gasteiger partial charge in [0.1, 0.15) is 11.6 Å². The third kappa shape index (κ3) is 3.43. The van der Waals surface area contributed by atoms with Crippen molar-refractivity contribution >= 4 is 17.6 Å². The smallest absolute Gasteiger partial charge is 0.373 e. The number of furan rings is 1. The topological polar surface area (TPSA) is 51.5 Å². The molecular weight excluding hydrogens is 297 g/mol. The zero-order valence-electron chi connectivity index (χ0n) is 11.7. The van der Waals surface area contributed by atoms with E-state index in [0.717, 1.165) is 0 Å². The second-order valence-corrected chi connectivity index (χ2v) is 4.79. The predicted octanol–water partition coefficient (Wildman–Crippen LogP) is 3.56. The van der Waals surface area contributed by atoms with Crippen molar-refractivity contribution in [3.8, 4) is 0 Å². The number of hydrogen-bond acceptors (Lipinski definition) is 4. The summed E-state index contributed by atoms with van der Waals surface area (Å²) in [6.45, 7) is 2.49. The molecule has 0 fully saturated rings. The van der Waals surface area contributed by atoms with Gasteiger partial charge in [-0.25, -0.2) is 9.18 Å². The Hall–Kier alpha value is -1.85. The van der Waals surface area contributed by atoms with Crippen LogP contribution in [0.5, 0.6) is 0 Å². The van der Waals surface area contributed by atoms with Gasteiger partial charge in [-0.05, 0) is 30.8 Å². The number of esters is 1. The molecule has 0 radical (unpaired) electrons. The summed E-state index contributed by atoms with van der Waals surface area (Å²) in [6.07, 6.45) is 0. The van der Waals surface area contributed by atoms with Crippen molar-refractivity contribution in [2.24, 2.45) is 0 Å². The van der Waals surface area contributed by atoms with Crippen LogP contribution in [0.15, 0.2) is 34.7 Å². The minimum absolute atomic E-state index is 0.0739. The van der Waals surface area contributed by atoms with E-state index >= 15 is 0 Å². The number of ether oxygens (including phenoxy) is 1. The van der Waals surface area contributed by atoms with E-state index in [4.69, 9.17) is 16.0 Å². The zero-order valence-corrected chi connectivity index (χ0v) is 12.4. The summed E-state index contributed by atoms with van der Waals surface area (Å²) in [5.41, 5.74) is 0.395. The van der Waals surface area contributed by atoms with Crippen molar-refractivity contribution < 1.29 is 18.3 Å². The van der Waals surface area contributed by atoms with Crippen LogP contribution in [0.2, 0.25) is 5.02 Å². The van der Waals surface area contributed by atoms with Gasteiger partial charge in [0.25, 0.3) is 0 Å². The summed E-state index contributed by atoms with van der Waals surface area (Å²) >= 11 is 5.76. The van der Waals surface area contributed by atoms with Gasteiger partial charge in [-0.2, -0.15) is 0 Å². The van der Waals surface area contributed by atoms with Crippen LogP contribution in [-0.2, 0) is 4.74 Å². The lowest BCUT2D eigenvalue weighted by Gasteiger charge is -2.17. The summed E-state index contributed by atoms with van der Waals surface area (Å²) in [6, 6.07) is 7.05. The highest BCUT2D eigenvalue weighted by atomic mass is 35.5. The molecular formula is C15H15ClFNO3. The Morgan fingerprint density at radius 1 is 1.43 bits per heavy atom. The Morgan fingerprint density at radius 2 is 2.19 bits per heavy atom. The molecule has 1 atom stereocenters. The Kier molecular flexibility index (Phi) is 4.98. The van der Waals surface area contributed by atoms with Gasteiger partial charge in [0.15, 0.2) is 0 Å². The molecule has 21 heavy (non-hydrogen) atoms. The van der Waals surface area contributed by atoms with Gasteiger partial charge in [-0.3, -0.25) is 0 Å². The SMILES string of the molecule is CCNC(c1ccc(C(=O)OC)o1)c1ccc(Cl)cc1F. The van der Waals surface area contributed by atoms with Crippen molar-refractivity contribution in [1.82, 2.24) is 5.32 Å². The molecule has 112 valence electrons.